The quantitative estimate of drug-likeness (QED) is 0.335. The Kier molecular flexibility index (Phi) is 7.09. The molecule has 4 heteroatoms. The average molecular weight is 302 g/mol. The summed E-state index contributed by atoms with van der Waals surface area (Å²) in [6, 6.07) is 5.56. The molecule has 1 aromatic carbocycles. The van der Waals surface area contributed by atoms with Crippen LogP contribution in [0.15, 0.2) is 42.0 Å². The Hall–Kier alpha value is -2.36. The van der Waals surface area contributed by atoms with E-state index in [0.717, 1.165) is 12.0 Å². The number of hydrogen-bond donors (Lipinski definition) is 0. The van der Waals surface area contributed by atoms with E-state index in [4.69, 9.17) is 9.47 Å². The Bertz CT molecular complexity index is 597. The third-order valence-electron chi connectivity index (χ3n) is 3.07. The van der Waals surface area contributed by atoms with Crippen LogP contribution in [-0.2, 0) is 16.0 Å². The standard InChI is InChI=1S/C18H22O4/c1-5-14-8-10-17(21-4)15(12-14)16(19)9-7-13(3)11-18(20)22-6-2/h7-12H,5-6H2,1-4H3. The maximum absolute atomic E-state index is 12.3. The predicted octanol–water partition coefficient (Wildman–Crippen LogP) is 3.51. The fourth-order valence-electron chi connectivity index (χ4n) is 1.88. The summed E-state index contributed by atoms with van der Waals surface area (Å²) in [4.78, 5) is 23.6. The van der Waals surface area contributed by atoms with Gasteiger partial charge in [-0.25, -0.2) is 4.79 Å². The number of rotatable bonds is 7. The fraction of sp³-hybridized carbons (Fsp3) is 0.333. The Morgan fingerprint density at radius 3 is 2.50 bits per heavy atom. The van der Waals surface area contributed by atoms with E-state index in [1.54, 1.807) is 26.0 Å². The normalized spacial score (nSPS) is 11.5. The molecule has 0 amide bonds. The van der Waals surface area contributed by atoms with Gasteiger partial charge in [-0.3, -0.25) is 4.79 Å². The molecule has 0 aromatic heterocycles. The molecule has 0 atom stereocenters. The van der Waals surface area contributed by atoms with Crippen LogP contribution in [-0.4, -0.2) is 25.5 Å². The summed E-state index contributed by atoms with van der Waals surface area (Å²) in [5, 5.41) is 0. The molecule has 0 radical (unpaired) electrons. The summed E-state index contributed by atoms with van der Waals surface area (Å²) < 4.78 is 10.0. The van der Waals surface area contributed by atoms with Gasteiger partial charge in [0.05, 0.1) is 19.3 Å². The van der Waals surface area contributed by atoms with Crippen molar-refractivity contribution in [1.82, 2.24) is 0 Å². The minimum atomic E-state index is -0.414. The molecule has 22 heavy (non-hydrogen) atoms. The van der Waals surface area contributed by atoms with Gasteiger partial charge in [-0.1, -0.05) is 19.1 Å². The number of hydrogen-bond acceptors (Lipinski definition) is 4. The van der Waals surface area contributed by atoms with Gasteiger partial charge >= 0.3 is 5.97 Å². The Morgan fingerprint density at radius 1 is 1.18 bits per heavy atom. The summed E-state index contributed by atoms with van der Waals surface area (Å²) >= 11 is 0. The molecule has 0 aliphatic rings. The molecule has 1 aromatic rings. The van der Waals surface area contributed by atoms with Crippen LogP contribution in [0.25, 0.3) is 0 Å². The maximum atomic E-state index is 12.3. The summed E-state index contributed by atoms with van der Waals surface area (Å²) in [5.41, 5.74) is 2.23. The Morgan fingerprint density at radius 2 is 1.91 bits per heavy atom. The first-order valence-electron chi connectivity index (χ1n) is 7.26. The molecule has 0 aliphatic heterocycles. The number of esters is 1. The lowest BCUT2D eigenvalue weighted by molar-refractivity contribution is -0.137. The van der Waals surface area contributed by atoms with Gasteiger partial charge in [0.25, 0.3) is 0 Å². The van der Waals surface area contributed by atoms with Crippen LogP contribution in [0.3, 0.4) is 0 Å². The van der Waals surface area contributed by atoms with E-state index < -0.39 is 5.97 Å². The number of aryl methyl sites for hydroxylation is 1. The van der Waals surface area contributed by atoms with Crippen molar-refractivity contribution in [3.63, 3.8) is 0 Å². The van der Waals surface area contributed by atoms with Crippen LogP contribution in [0.1, 0.15) is 36.7 Å². The van der Waals surface area contributed by atoms with Gasteiger partial charge in [0.2, 0.25) is 0 Å². The van der Waals surface area contributed by atoms with Crippen molar-refractivity contribution in [2.75, 3.05) is 13.7 Å². The van der Waals surface area contributed by atoms with Gasteiger partial charge in [-0.15, -0.1) is 0 Å². The van der Waals surface area contributed by atoms with Crippen molar-refractivity contribution >= 4 is 11.8 Å². The topological polar surface area (TPSA) is 52.6 Å². The molecule has 0 unspecified atom stereocenters. The zero-order chi connectivity index (χ0) is 16.5. The van der Waals surface area contributed by atoms with E-state index in [-0.39, 0.29) is 5.78 Å². The summed E-state index contributed by atoms with van der Waals surface area (Å²) in [5.74, 6) is -0.0368. The molecule has 0 saturated carbocycles. The largest absolute Gasteiger partial charge is 0.496 e. The molecule has 0 saturated heterocycles. The van der Waals surface area contributed by atoms with Crippen LogP contribution >= 0.6 is 0 Å². The van der Waals surface area contributed by atoms with Gasteiger partial charge < -0.3 is 9.47 Å². The third-order valence-corrected chi connectivity index (χ3v) is 3.07. The van der Waals surface area contributed by atoms with Crippen molar-refractivity contribution < 1.29 is 19.1 Å². The fourth-order valence-corrected chi connectivity index (χ4v) is 1.88. The molecule has 0 fully saturated rings. The summed E-state index contributed by atoms with van der Waals surface area (Å²) in [6.45, 7) is 5.83. The van der Waals surface area contributed by atoms with Crippen molar-refractivity contribution in [3.8, 4) is 5.75 Å². The van der Waals surface area contributed by atoms with Gasteiger partial charge in [-0.05, 0) is 49.6 Å². The second-order valence-corrected chi connectivity index (χ2v) is 4.73. The molecule has 0 spiro atoms. The second kappa shape index (κ2) is 8.82. The van der Waals surface area contributed by atoms with Gasteiger partial charge in [0.15, 0.2) is 5.78 Å². The van der Waals surface area contributed by atoms with Gasteiger partial charge in [0.1, 0.15) is 5.75 Å². The molecule has 0 N–H and O–H groups in total. The van der Waals surface area contributed by atoms with Gasteiger partial charge in [0, 0.05) is 6.08 Å². The van der Waals surface area contributed by atoms with E-state index in [2.05, 4.69) is 0 Å². The summed E-state index contributed by atoms with van der Waals surface area (Å²) in [6.07, 6.45) is 5.22. The molecule has 0 heterocycles. The van der Waals surface area contributed by atoms with Crippen LogP contribution in [0.5, 0.6) is 5.75 Å². The van der Waals surface area contributed by atoms with E-state index >= 15 is 0 Å². The smallest absolute Gasteiger partial charge is 0.330 e. The highest BCUT2D eigenvalue weighted by molar-refractivity contribution is 6.07. The molecule has 4 nitrogen and oxygen atoms in total. The number of ketones is 1. The van der Waals surface area contributed by atoms with Crippen LogP contribution in [0.2, 0.25) is 0 Å². The average Bonchev–Trinajstić information content (AvgIpc) is 2.52. The molecule has 0 bridgehead atoms. The number of benzene rings is 1. The van der Waals surface area contributed by atoms with E-state index in [0.29, 0.717) is 23.5 Å². The minimum absolute atomic E-state index is 0.163. The first kappa shape index (κ1) is 17.7. The number of carbonyl (C=O) groups is 2. The lowest BCUT2D eigenvalue weighted by Crippen LogP contribution is -2.01. The Balaban J connectivity index is 2.92. The first-order chi connectivity index (χ1) is 10.5. The molecule has 1 rings (SSSR count). The van der Waals surface area contributed by atoms with Crippen molar-refractivity contribution in [2.24, 2.45) is 0 Å². The van der Waals surface area contributed by atoms with Crippen LogP contribution in [0.4, 0.5) is 0 Å². The number of carbonyl (C=O) groups excluding carboxylic acids is 2. The highest BCUT2D eigenvalue weighted by atomic mass is 16.5. The van der Waals surface area contributed by atoms with Crippen molar-refractivity contribution in [3.05, 3.63) is 53.1 Å². The maximum Gasteiger partial charge on any atom is 0.330 e. The molecular weight excluding hydrogens is 280 g/mol. The third kappa shape index (κ3) is 5.20. The van der Waals surface area contributed by atoms with Crippen molar-refractivity contribution in [2.45, 2.75) is 27.2 Å². The molecule has 118 valence electrons. The zero-order valence-electron chi connectivity index (χ0n) is 13.5. The lowest BCUT2D eigenvalue weighted by Gasteiger charge is -2.07. The number of allylic oxidation sites excluding steroid dienone is 3. The lowest BCUT2D eigenvalue weighted by atomic mass is 10.0. The predicted molar refractivity (Wildman–Crippen MR) is 86.2 cm³/mol. The summed E-state index contributed by atoms with van der Waals surface area (Å²) in [7, 11) is 1.54. The van der Waals surface area contributed by atoms with E-state index in [1.807, 2.05) is 19.1 Å². The minimum Gasteiger partial charge on any atom is -0.496 e. The monoisotopic (exact) mass is 302 g/mol. The second-order valence-electron chi connectivity index (χ2n) is 4.73. The van der Waals surface area contributed by atoms with Crippen LogP contribution < -0.4 is 4.74 Å². The number of methoxy groups -OCH3 is 1. The highest BCUT2D eigenvalue weighted by Gasteiger charge is 2.10. The van der Waals surface area contributed by atoms with Crippen molar-refractivity contribution in [1.29, 1.82) is 0 Å². The van der Waals surface area contributed by atoms with Crippen LogP contribution in [0, 0.1) is 0 Å². The number of ether oxygens (including phenoxy) is 2. The zero-order valence-corrected chi connectivity index (χ0v) is 13.5. The molecular formula is C18H22O4. The highest BCUT2D eigenvalue weighted by Crippen LogP contribution is 2.21. The van der Waals surface area contributed by atoms with E-state index in [9.17, 15) is 9.59 Å². The SMILES string of the molecule is CCOC(=O)C=C(C)C=CC(=O)c1cc(CC)ccc1OC. The first-order valence-corrected chi connectivity index (χ1v) is 7.26. The van der Waals surface area contributed by atoms with E-state index in [1.165, 1.54) is 19.3 Å². The Labute approximate surface area is 131 Å². The molecule has 0 aliphatic carbocycles. The van der Waals surface area contributed by atoms with Gasteiger partial charge in [-0.2, -0.15) is 0 Å².